The van der Waals surface area contributed by atoms with Crippen molar-refractivity contribution in [3.05, 3.63) is 101 Å². The van der Waals surface area contributed by atoms with E-state index in [2.05, 4.69) is 15.4 Å². The molecule has 0 bridgehead atoms. The number of likely N-dealkylation sites (N-methyl/N-ethyl adjacent to an activating group) is 1. The van der Waals surface area contributed by atoms with E-state index in [9.17, 15) is 31.1 Å². The van der Waals surface area contributed by atoms with Gasteiger partial charge >= 0.3 is 12.5 Å². The zero-order valence-electron chi connectivity index (χ0n) is 19.2. The normalized spacial score (nSPS) is 13.6. The first kappa shape index (κ1) is 27.1. The van der Waals surface area contributed by atoms with Crippen molar-refractivity contribution >= 4 is 5.91 Å². The number of nitrogens with one attached hydrogen (secondary N) is 2. The van der Waals surface area contributed by atoms with Crippen LogP contribution in [0.15, 0.2) is 78.9 Å². The Balaban J connectivity index is 1.90. The molecule has 3 aromatic rings. The lowest BCUT2D eigenvalue weighted by Gasteiger charge is -2.26. The quantitative estimate of drug-likeness (QED) is 0.330. The summed E-state index contributed by atoms with van der Waals surface area (Å²) in [7, 11) is 1.47. The first-order valence-electron chi connectivity index (χ1n) is 11.0. The minimum absolute atomic E-state index is 0.279. The fourth-order valence-corrected chi connectivity index (χ4v) is 3.76. The van der Waals surface area contributed by atoms with Crippen molar-refractivity contribution < 1.29 is 35.9 Å². The van der Waals surface area contributed by atoms with E-state index >= 15 is 0 Å². The second kappa shape index (κ2) is 11.5. The largest absolute Gasteiger partial charge is 0.573 e. The predicted molar refractivity (Wildman–Crippen MR) is 122 cm³/mol. The molecule has 0 aromatic heterocycles. The first-order valence-corrected chi connectivity index (χ1v) is 11.0. The SMILES string of the molecule is CNC(=O)C(N[C@@H](CCc1ccc(C(F)(F)F)cc1)c1cccc(OC(F)(F)F)c1)c1ccccc1. The van der Waals surface area contributed by atoms with Crippen LogP contribution in [0.3, 0.4) is 0 Å². The number of ether oxygens (including phenoxy) is 1. The van der Waals surface area contributed by atoms with E-state index in [4.69, 9.17) is 0 Å². The average molecular weight is 510 g/mol. The third-order valence-electron chi connectivity index (χ3n) is 5.51. The summed E-state index contributed by atoms with van der Waals surface area (Å²) >= 11 is 0. The molecule has 10 heteroatoms. The minimum atomic E-state index is -4.88. The van der Waals surface area contributed by atoms with Crippen LogP contribution in [-0.4, -0.2) is 19.3 Å². The van der Waals surface area contributed by atoms with E-state index in [1.807, 2.05) is 0 Å². The highest BCUT2D eigenvalue weighted by Gasteiger charge is 2.32. The topological polar surface area (TPSA) is 50.4 Å². The highest BCUT2D eigenvalue weighted by atomic mass is 19.4. The van der Waals surface area contributed by atoms with Gasteiger partial charge in [0.2, 0.25) is 5.91 Å². The van der Waals surface area contributed by atoms with Gasteiger partial charge in [0.15, 0.2) is 0 Å². The number of alkyl halides is 6. The summed E-state index contributed by atoms with van der Waals surface area (Å²) in [6.07, 6.45) is -8.76. The van der Waals surface area contributed by atoms with Crippen LogP contribution in [0, 0.1) is 0 Å². The molecule has 0 saturated carbocycles. The maximum atomic E-state index is 12.9. The Morgan fingerprint density at radius 2 is 1.50 bits per heavy atom. The van der Waals surface area contributed by atoms with Crippen LogP contribution >= 0.6 is 0 Å². The van der Waals surface area contributed by atoms with Crippen molar-refractivity contribution in [2.45, 2.75) is 37.5 Å². The summed E-state index contributed by atoms with van der Waals surface area (Å²) in [6, 6.07) is 17.4. The molecular formula is C26H24F6N2O2. The Bertz CT molecular complexity index is 1130. The number of halogens is 6. The van der Waals surface area contributed by atoms with Crippen LogP contribution in [0.1, 0.15) is 40.8 Å². The van der Waals surface area contributed by atoms with Crippen LogP contribution in [0.2, 0.25) is 0 Å². The van der Waals surface area contributed by atoms with E-state index in [-0.39, 0.29) is 12.3 Å². The van der Waals surface area contributed by atoms with Crippen molar-refractivity contribution in [3.63, 3.8) is 0 Å². The number of hydrogen-bond donors (Lipinski definition) is 2. The Hall–Kier alpha value is -3.53. The van der Waals surface area contributed by atoms with Crippen LogP contribution in [-0.2, 0) is 17.4 Å². The number of aryl methyl sites for hydroxylation is 1. The lowest BCUT2D eigenvalue weighted by molar-refractivity contribution is -0.274. The Labute approximate surface area is 204 Å². The molecule has 0 spiro atoms. The molecule has 0 radical (unpaired) electrons. The molecule has 1 unspecified atom stereocenters. The van der Waals surface area contributed by atoms with E-state index in [1.54, 1.807) is 36.4 Å². The van der Waals surface area contributed by atoms with Crippen molar-refractivity contribution in [3.8, 4) is 5.75 Å². The van der Waals surface area contributed by atoms with Crippen LogP contribution in [0.4, 0.5) is 26.3 Å². The summed E-state index contributed by atoms with van der Waals surface area (Å²) in [5.41, 5.74) is 0.892. The second-order valence-corrected chi connectivity index (χ2v) is 8.03. The third kappa shape index (κ3) is 7.74. The second-order valence-electron chi connectivity index (χ2n) is 8.03. The first-order chi connectivity index (χ1) is 17.0. The molecule has 1 amide bonds. The van der Waals surface area contributed by atoms with Gasteiger partial charge in [-0.15, -0.1) is 13.2 Å². The monoisotopic (exact) mass is 510 g/mol. The number of carbonyl (C=O) groups excluding carboxylic acids is 1. The minimum Gasteiger partial charge on any atom is -0.406 e. The summed E-state index contributed by atoms with van der Waals surface area (Å²) in [5, 5.41) is 5.78. The molecule has 3 rings (SSSR count). The van der Waals surface area contributed by atoms with Gasteiger partial charge < -0.3 is 10.1 Å². The number of carbonyl (C=O) groups is 1. The highest BCUT2D eigenvalue weighted by molar-refractivity contribution is 5.83. The maximum Gasteiger partial charge on any atom is 0.573 e. The lowest BCUT2D eigenvalue weighted by Crippen LogP contribution is -2.38. The fourth-order valence-electron chi connectivity index (χ4n) is 3.76. The lowest BCUT2D eigenvalue weighted by atomic mass is 9.96. The zero-order chi connectivity index (χ0) is 26.3. The molecule has 0 saturated heterocycles. The van der Waals surface area contributed by atoms with Crippen LogP contribution < -0.4 is 15.4 Å². The standard InChI is InChI=1S/C26H24F6N2O2/c1-33-24(35)23(18-6-3-2-4-7-18)34-22(19-8-5-9-21(16-19)36-26(30,31)32)15-12-17-10-13-20(14-11-17)25(27,28)29/h2-11,13-14,16,22-23,34H,12,15H2,1H3,(H,33,35)/t22-,23?/m0/s1. The van der Waals surface area contributed by atoms with Gasteiger partial charge in [0.25, 0.3) is 0 Å². The molecule has 0 aliphatic rings. The molecule has 0 heterocycles. The van der Waals surface area contributed by atoms with Gasteiger partial charge in [0, 0.05) is 13.1 Å². The highest BCUT2D eigenvalue weighted by Crippen LogP contribution is 2.31. The van der Waals surface area contributed by atoms with E-state index in [1.165, 1.54) is 31.3 Å². The smallest absolute Gasteiger partial charge is 0.406 e. The molecule has 3 aromatic carbocycles. The molecule has 0 aliphatic carbocycles. The molecule has 0 fully saturated rings. The van der Waals surface area contributed by atoms with Crippen LogP contribution in [0.5, 0.6) is 5.75 Å². The third-order valence-corrected chi connectivity index (χ3v) is 5.51. The molecule has 2 N–H and O–H groups in total. The Kier molecular flexibility index (Phi) is 8.62. The van der Waals surface area contributed by atoms with Crippen molar-refractivity contribution in [1.29, 1.82) is 0 Å². The van der Waals surface area contributed by atoms with Gasteiger partial charge in [-0.05, 0) is 53.8 Å². The number of hydrogen-bond acceptors (Lipinski definition) is 3. The number of rotatable bonds is 9. The Morgan fingerprint density at radius 1 is 0.861 bits per heavy atom. The van der Waals surface area contributed by atoms with Gasteiger partial charge in [-0.1, -0.05) is 54.6 Å². The van der Waals surface area contributed by atoms with Gasteiger partial charge in [0.1, 0.15) is 11.8 Å². The van der Waals surface area contributed by atoms with Gasteiger partial charge in [-0.3, -0.25) is 10.1 Å². The average Bonchev–Trinajstić information content (AvgIpc) is 2.83. The van der Waals surface area contributed by atoms with E-state index in [0.29, 0.717) is 23.1 Å². The molecular weight excluding hydrogens is 486 g/mol. The van der Waals surface area contributed by atoms with Crippen molar-refractivity contribution in [1.82, 2.24) is 10.6 Å². The summed E-state index contributed by atoms with van der Waals surface area (Å²) < 4.78 is 81.0. The van der Waals surface area contributed by atoms with Crippen molar-refractivity contribution in [2.75, 3.05) is 7.05 Å². The molecule has 2 atom stereocenters. The number of benzene rings is 3. The number of amides is 1. The van der Waals surface area contributed by atoms with Crippen LogP contribution in [0.25, 0.3) is 0 Å². The van der Waals surface area contributed by atoms with E-state index in [0.717, 1.165) is 18.2 Å². The summed E-state index contributed by atoms with van der Waals surface area (Å²) in [5.74, 6) is -0.777. The van der Waals surface area contributed by atoms with E-state index < -0.39 is 35.9 Å². The molecule has 36 heavy (non-hydrogen) atoms. The van der Waals surface area contributed by atoms with Gasteiger partial charge in [-0.25, -0.2) is 0 Å². The molecule has 192 valence electrons. The zero-order valence-corrected chi connectivity index (χ0v) is 19.2. The summed E-state index contributed by atoms with van der Waals surface area (Å²) in [6.45, 7) is 0. The Morgan fingerprint density at radius 3 is 2.08 bits per heavy atom. The molecule has 4 nitrogen and oxygen atoms in total. The predicted octanol–water partition coefficient (Wildman–Crippen LogP) is 6.35. The summed E-state index contributed by atoms with van der Waals surface area (Å²) in [4.78, 5) is 12.7. The van der Waals surface area contributed by atoms with Crippen molar-refractivity contribution in [2.24, 2.45) is 0 Å². The van der Waals surface area contributed by atoms with Gasteiger partial charge in [-0.2, -0.15) is 13.2 Å². The maximum absolute atomic E-state index is 12.9. The molecule has 0 aliphatic heterocycles. The fraction of sp³-hybridized carbons (Fsp3) is 0.269. The van der Waals surface area contributed by atoms with Gasteiger partial charge in [0.05, 0.1) is 5.56 Å².